The van der Waals surface area contributed by atoms with Gasteiger partial charge < -0.3 is 15.4 Å². The molecule has 1 aromatic carbocycles. The molecule has 2 N–H and O–H groups in total. The smallest absolute Gasteiger partial charge is 0.157 e. The van der Waals surface area contributed by atoms with Gasteiger partial charge in [-0.2, -0.15) is 5.26 Å². The van der Waals surface area contributed by atoms with E-state index < -0.39 is 0 Å². The molecule has 0 fully saturated rings. The van der Waals surface area contributed by atoms with Crippen LogP contribution in [0, 0.1) is 11.3 Å². The van der Waals surface area contributed by atoms with E-state index in [1.165, 1.54) is 0 Å². The van der Waals surface area contributed by atoms with Crippen molar-refractivity contribution in [1.29, 1.82) is 5.26 Å². The lowest BCUT2D eigenvalue weighted by atomic mass is 10.2. The van der Waals surface area contributed by atoms with Crippen molar-refractivity contribution in [3.8, 4) is 11.8 Å². The van der Waals surface area contributed by atoms with Crippen molar-refractivity contribution in [3.05, 3.63) is 42.1 Å². The minimum atomic E-state index is 0.409. The number of benzene rings is 1. The molecule has 0 spiro atoms. The van der Waals surface area contributed by atoms with Crippen LogP contribution in [0.15, 0.2) is 36.5 Å². The number of para-hydroxylation sites is 2. The monoisotopic (exact) mass is 266 g/mol. The van der Waals surface area contributed by atoms with E-state index in [1.807, 2.05) is 29.2 Å². The highest BCUT2D eigenvalue weighted by atomic mass is 16.5. The molecule has 0 amide bonds. The Bertz CT molecular complexity index is 678. The molecule has 0 radical (unpaired) electrons. The molecule has 100 valence electrons. The minimum Gasteiger partial charge on any atom is -0.491 e. The number of aromatic nitrogens is 1. The number of nitrogen functional groups attached to an aromatic ring is 1. The normalized spacial score (nSPS) is 13.8. The molecule has 1 aromatic heterocycles. The number of nitrogens with zero attached hydrogens (tertiary/aromatic N) is 3. The molecule has 0 saturated heterocycles. The van der Waals surface area contributed by atoms with Gasteiger partial charge in [0.25, 0.3) is 0 Å². The molecule has 5 heteroatoms. The second-order valence-corrected chi connectivity index (χ2v) is 4.53. The van der Waals surface area contributed by atoms with Gasteiger partial charge in [-0.1, -0.05) is 12.1 Å². The molecule has 2 heterocycles. The van der Waals surface area contributed by atoms with Gasteiger partial charge in [-0.15, -0.1) is 0 Å². The number of rotatable bonds is 1. The van der Waals surface area contributed by atoms with E-state index in [-0.39, 0.29) is 0 Å². The van der Waals surface area contributed by atoms with Crippen LogP contribution in [0.1, 0.15) is 12.0 Å². The van der Waals surface area contributed by atoms with Gasteiger partial charge in [-0.05, 0) is 24.6 Å². The van der Waals surface area contributed by atoms with Crippen LogP contribution in [0.3, 0.4) is 0 Å². The fourth-order valence-corrected chi connectivity index (χ4v) is 2.32. The Hall–Kier alpha value is -2.74. The quantitative estimate of drug-likeness (QED) is 0.858. The van der Waals surface area contributed by atoms with Gasteiger partial charge in [0, 0.05) is 12.7 Å². The summed E-state index contributed by atoms with van der Waals surface area (Å²) in [5.41, 5.74) is 7.85. The molecule has 1 aliphatic heterocycles. The van der Waals surface area contributed by atoms with Gasteiger partial charge in [0.15, 0.2) is 5.82 Å². The Balaban J connectivity index is 2.13. The first-order valence-corrected chi connectivity index (χ1v) is 6.45. The van der Waals surface area contributed by atoms with Crippen molar-refractivity contribution in [2.24, 2.45) is 0 Å². The molecule has 2 aromatic rings. The van der Waals surface area contributed by atoms with E-state index >= 15 is 0 Å². The van der Waals surface area contributed by atoms with Gasteiger partial charge in [0.2, 0.25) is 0 Å². The third kappa shape index (κ3) is 2.01. The van der Waals surface area contributed by atoms with E-state index in [9.17, 15) is 0 Å². The number of nitrogens with two attached hydrogens (primary N) is 1. The molecule has 1 aliphatic rings. The van der Waals surface area contributed by atoms with Crippen LogP contribution in [-0.2, 0) is 0 Å². The van der Waals surface area contributed by atoms with E-state index in [0.717, 1.165) is 24.4 Å². The summed E-state index contributed by atoms with van der Waals surface area (Å²) in [5.74, 6) is 1.43. The maximum absolute atomic E-state index is 9.09. The van der Waals surface area contributed by atoms with Gasteiger partial charge in [-0.3, -0.25) is 0 Å². The summed E-state index contributed by atoms with van der Waals surface area (Å²) >= 11 is 0. The molecule has 3 rings (SSSR count). The molecule has 20 heavy (non-hydrogen) atoms. The van der Waals surface area contributed by atoms with Crippen LogP contribution in [0.4, 0.5) is 17.2 Å². The van der Waals surface area contributed by atoms with Crippen molar-refractivity contribution >= 4 is 17.2 Å². The highest BCUT2D eigenvalue weighted by Crippen LogP contribution is 2.37. The number of hydrogen-bond donors (Lipinski definition) is 1. The van der Waals surface area contributed by atoms with Gasteiger partial charge in [-0.25, -0.2) is 4.98 Å². The van der Waals surface area contributed by atoms with E-state index in [1.54, 1.807) is 12.3 Å². The number of fused-ring (bicyclic) bond motifs is 1. The summed E-state index contributed by atoms with van der Waals surface area (Å²) in [4.78, 5) is 6.36. The van der Waals surface area contributed by atoms with Crippen molar-refractivity contribution in [1.82, 2.24) is 4.98 Å². The summed E-state index contributed by atoms with van der Waals surface area (Å²) in [6.45, 7) is 1.41. The largest absolute Gasteiger partial charge is 0.491 e. The van der Waals surface area contributed by atoms with Gasteiger partial charge in [0.1, 0.15) is 11.8 Å². The molecule has 0 unspecified atom stereocenters. The number of nitriles is 1. The van der Waals surface area contributed by atoms with Crippen molar-refractivity contribution in [2.75, 3.05) is 23.8 Å². The molecule has 0 bridgehead atoms. The molecule has 5 nitrogen and oxygen atoms in total. The Morgan fingerprint density at radius 3 is 3.00 bits per heavy atom. The second-order valence-electron chi connectivity index (χ2n) is 4.53. The summed E-state index contributed by atoms with van der Waals surface area (Å²) in [5, 5.41) is 9.09. The minimum absolute atomic E-state index is 0.409. The van der Waals surface area contributed by atoms with Gasteiger partial charge >= 0.3 is 0 Å². The summed E-state index contributed by atoms with van der Waals surface area (Å²) in [6.07, 6.45) is 2.48. The Morgan fingerprint density at radius 1 is 1.30 bits per heavy atom. The van der Waals surface area contributed by atoms with Crippen LogP contribution >= 0.6 is 0 Å². The van der Waals surface area contributed by atoms with Crippen molar-refractivity contribution < 1.29 is 4.74 Å². The maximum atomic E-state index is 9.09. The fraction of sp³-hybridized carbons (Fsp3) is 0.200. The van der Waals surface area contributed by atoms with E-state index in [4.69, 9.17) is 15.7 Å². The average Bonchev–Trinajstić information content (AvgIpc) is 2.70. The molecule has 0 aliphatic carbocycles. The lowest BCUT2D eigenvalue weighted by molar-refractivity contribution is 0.322. The first kappa shape index (κ1) is 12.3. The summed E-state index contributed by atoms with van der Waals surface area (Å²) in [7, 11) is 0. The average molecular weight is 266 g/mol. The maximum Gasteiger partial charge on any atom is 0.157 e. The SMILES string of the molecule is N#Cc1ccnc(N2CCCOc3ccccc32)c1N. The second kappa shape index (κ2) is 5.10. The van der Waals surface area contributed by atoms with Crippen molar-refractivity contribution in [2.45, 2.75) is 6.42 Å². The van der Waals surface area contributed by atoms with E-state index in [2.05, 4.69) is 11.1 Å². The Kier molecular flexibility index (Phi) is 3.13. The zero-order chi connectivity index (χ0) is 13.9. The van der Waals surface area contributed by atoms with Crippen LogP contribution < -0.4 is 15.4 Å². The lowest BCUT2D eigenvalue weighted by Gasteiger charge is -2.24. The summed E-state index contributed by atoms with van der Waals surface area (Å²) < 4.78 is 5.72. The zero-order valence-corrected chi connectivity index (χ0v) is 10.9. The predicted octanol–water partition coefficient (Wildman–Crippen LogP) is 2.46. The third-order valence-electron chi connectivity index (χ3n) is 3.28. The molecular formula is C15H14N4O. The first-order valence-electron chi connectivity index (χ1n) is 6.45. The van der Waals surface area contributed by atoms with Crippen LogP contribution in [-0.4, -0.2) is 18.1 Å². The van der Waals surface area contributed by atoms with E-state index in [0.29, 0.717) is 23.7 Å². The standard InChI is InChI=1S/C15H14N4O/c16-10-11-6-7-18-15(14(11)17)19-8-3-9-20-13-5-2-1-4-12(13)19/h1-2,4-7H,3,8-9,17H2. The predicted molar refractivity (Wildman–Crippen MR) is 76.9 cm³/mol. The van der Waals surface area contributed by atoms with Crippen molar-refractivity contribution in [3.63, 3.8) is 0 Å². The Morgan fingerprint density at radius 2 is 2.15 bits per heavy atom. The third-order valence-corrected chi connectivity index (χ3v) is 3.28. The number of anilines is 3. The fourth-order valence-electron chi connectivity index (χ4n) is 2.32. The number of pyridine rings is 1. The highest BCUT2D eigenvalue weighted by molar-refractivity contribution is 5.78. The Labute approximate surface area is 117 Å². The summed E-state index contributed by atoms with van der Waals surface area (Å²) in [6, 6.07) is 11.5. The topological polar surface area (TPSA) is 75.2 Å². The molecular weight excluding hydrogens is 252 g/mol. The lowest BCUT2D eigenvalue weighted by Crippen LogP contribution is -2.20. The molecule has 0 saturated carbocycles. The zero-order valence-electron chi connectivity index (χ0n) is 10.9. The first-order chi connectivity index (χ1) is 9.81. The molecule has 0 atom stereocenters. The highest BCUT2D eigenvalue weighted by Gasteiger charge is 2.21. The van der Waals surface area contributed by atoms with Crippen LogP contribution in [0.25, 0.3) is 0 Å². The number of ether oxygens (including phenoxy) is 1. The van der Waals surface area contributed by atoms with Crippen LogP contribution in [0.5, 0.6) is 5.75 Å². The van der Waals surface area contributed by atoms with Gasteiger partial charge in [0.05, 0.1) is 23.5 Å². The number of hydrogen-bond acceptors (Lipinski definition) is 5. The van der Waals surface area contributed by atoms with Crippen LogP contribution in [0.2, 0.25) is 0 Å².